The number of urea groups is 1. The quantitative estimate of drug-likeness (QED) is 0.787. The van der Waals surface area contributed by atoms with Gasteiger partial charge < -0.3 is 10.2 Å². The van der Waals surface area contributed by atoms with Crippen molar-refractivity contribution in [2.75, 3.05) is 33.7 Å². The standard InChI is InChI=1S/C14H24N4O3/c1-10-8-13(20)16(3)14(21)18(10)11-4-6-17(7-5-11)9-12(19)15-2/h10-11H,4-9H2,1-3H3,(H,15,19). The van der Waals surface area contributed by atoms with E-state index < -0.39 is 0 Å². The molecule has 7 heteroatoms. The first-order valence-corrected chi connectivity index (χ1v) is 7.45. The summed E-state index contributed by atoms with van der Waals surface area (Å²) in [7, 11) is 3.18. The molecule has 0 bridgehead atoms. The molecule has 0 aromatic rings. The van der Waals surface area contributed by atoms with Gasteiger partial charge in [-0.2, -0.15) is 0 Å². The lowest BCUT2D eigenvalue weighted by Gasteiger charge is -2.45. The number of nitrogens with zero attached hydrogens (tertiary/aromatic N) is 3. The fourth-order valence-electron chi connectivity index (χ4n) is 3.11. The fraction of sp³-hybridized carbons (Fsp3) is 0.786. The van der Waals surface area contributed by atoms with Gasteiger partial charge in [-0.25, -0.2) is 4.79 Å². The van der Waals surface area contributed by atoms with Gasteiger partial charge in [0, 0.05) is 45.7 Å². The van der Waals surface area contributed by atoms with Crippen LogP contribution in [0.4, 0.5) is 4.79 Å². The number of rotatable bonds is 3. The maximum absolute atomic E-state index is 12.3. The highest BCUT2D eigenvalue weighted by Crippen LogP contribution is 2.25. The Morgan fingerprint density at radius 3 is 2.48 bits per heavy atom. The second-order valence-corrected chi connectivity index (χ2v) is 5.88. The van der Waals surface area contributed by atoms with E-state index in [2.05, 4.69) is 10.2 Å². The highest BCUT2D eigenvalue weighted by molar-refractivity contribution is 5.97. The van der Waals surface area contributed by atoms with Crippen LogP contribution in [0.15, 0.2) is 0 Å². The molecule has 2 saturated heterocycles. The number of carbonyl (C=O) groups excluding carboxylic acids is 3. The van der Waals surface area contributed by atoms with Crippen molar-refractivity contribution in [1.29, 1.82) is 0 Å². The van der Waals surface area contributed by atoms with Crippen molar-refractivity contribution in [2.45, 2.75) is 38.3 Å². The lowest BCUT2D eigenvalue weighted by molar-refractivity contribution is -0.132. The predicted molar refractivity (Wildman–Crippen MR) is 77.6 cm³/mol. The molecule has 1 N–H and O–H groups in total. The molecule has 0 saturated carbocycles. The maximum Gasteiger partial charge on any atom is 0.326 e. The molecule has 2 rings (SSSR count). The largest absolute Gasteiger partial charge is 0.358 e. The Morgan fingerprint density at radius 1 is 1.29 bits per heavy atom. The van der Waals surface area contributed by atoms with Gasteiger partial charge in [0.05, 0.1) is 6.54 Å². The smallest absolute Gasteiger partial charge is 0.326 e. The maximum atomic E-state index is 12.3. The average molecular weight is 296 g/mol. The van der Waals surface area contributed by atoms with E-state index in [9.17, 15) is 14.4 Å². The average Bonchev–Trinajstić information content (AvgIpc) is 2.46. The van der Waals surface area contributed by atoms with Crippen molar-refractivity contribution in [3.05, 3.63) is 0 Å². The van der Waals surface area contributed by atoms with Crippen molar-refractivity contribution < 1.29 is 14.4 Å². The molecular weight excluding hydrogens is 272 g/mol. The lowest BCUT2D eigenvalue weighted by Crippen LogP contribution is -2.60. The summed E-state index contributed by atoms with van der Waals surface area (Å²) in [5.74, 6) is -0.0954. The van der Waals surface area contributed by atoms with Crippen LogP contribution in [0.3, 0.4) is 0 Å². The Bertz CT molecular complexity index is 432. The first-order chi connectivity index (χ1) is 9.93. The molecule has 2 heterocycles. The van der Waals surface area contributed by atoms with E-state index in [1.165, 1.54) is 4.90 Å². The number of imide groups is 1. The third-order valence-corrected chi connectivity index (χ3v) is 4.42. The van der Waals surface area contributed by atoms with Crippen molar-refractivity contribution in [1.82, 2.24) is 20.0 Å². The minimum absolute atomic E-state index is 0.0150. The lowest BCUT2D eigenvalue weighted by atomic mass is 9.99. The molecule has 0 spiro atoms. The first-order valence-electron chi connectivity index (χ1n) is 7.45. The first kappa shape index (κ1) is 15.8. The monoisotopic (exact) mass is 296 g/mol. The number of carbonyl (C=O) groups is 3. The minimum Gasteiger partial charge on any atom is -0.358 e. The van der Waals surface area contributed by atoms with Crippen LogP contribution in [0.1, 0.15) is 26.2 Å². The van der Waals surface area contributed by atoms with Crippen LogP contribution < -0.4 is 5.32 Å². The molecule has 0 radical (unpaired) electrons. The molecule has 21 heavy (non-hydrogen) atoms. The number of piperidine rings is 1. The summed E-state index contributed by atoms with van der Waals surface area (Å²) in [5.41, 5.74) is 0. The second kappa shape index (κ2) is 6.43. The van der Waals surface area contributed by atoms with Gasteiger partial charge in [-0.1, -0.05) is 0 Å². The number of nitrogens with one attached hydrogen (secondary N) is 1. The number of hydrogen-bond acceptors (Lipinski definition) is 4. The van der Waals surface area contributed by atoms with E-state index in [-0.39, 0.29) is 29.9 Å². The van der Waals surface area contributed by atoms with Gasteiger partial charge in [0.1, 0.15) is 0 Å². The summed E-state index contributed by atoms with van der Waals surface area (Å²) in [6.07, 6.45) is 2.07. The third-order valence-electron chi connectivity index (χ3n) is 4.42. The molecule has 2 aliphatic rings. The molecular formula is C14H24N4O3. The Labute approximate surface area is 125 Å². The van der Waals surface area contributed by atoms with Gasteiger partial charge in [0.2, 0.25) is 11.8 Å². The molecule has 0 aromatic carbocycles. The summed E-state index contributed by atoms with van der Waals surface area (Å²) in [6.45, 7) is 3.93. The number of hydrogen-bond donors (Lipinski definition) is 1. The zero-order valence-corrected chi connectivity index (χ0v) is 13.0. The Kier molecular flexibility index (Phi) is 4.82. The topological polar surface area (TPSA) is 73.0 Å². The van der Waals surface area contributed by atoms with Gasteiger partial charge in [0.15, 0.2) is 0 Å². The van der Waals surface area contributed by atoms with E-state index in [0.717, 1.165) is 25.9 Å². The van der Waals surface area contributed by atoms with Crippen molar-refractivity contribution >= 4 is 17.8 Å². The molecule has 1 unspecified atom stereocenters. The summed E-state index contributed by atoms with van der Waals surface area (Å²) in [5, 5.41) is 2.62. The molecule has 0 aromatic heterocycles. The van der Waals surface area contributed by atoms with Crippen LogP contribution in [0, 0.1) is 0 Å². The van der Waals surface area contributed by atoms with Crippen molar-refractivity contribution in [2.24, 2.45) is 0 Å². The highest BCUT2D eigenvalue weighted by Gasteiger charge is 2.39. The second-order valence-electron chi connectivity index (χ2n) is 5.88. The SMILES string of the molecule is CNC(=O)CN1CCC(N2C(=O)N(C)C(=O)CC2C)CC1. The number of amides is 4. The van der Waals surface area contributed by atoms with Crippen LogP contribution >= 0.6 is 0 Å². The van der Waals surface area contributed by atoms with Crippen LogP contribution in [-0.4, -0.2) is 78.4 Å². The summed E-state index contributed by atoms with van der Waals surface area (Å²) >= 11 is 0. The minimum atomic E-state index is -0.191. The zero-order valence-electron chi connectivity index (χ0n) is 13.0. The van der Waals surface area contributed by atoms with E-state index in [1.807, 2.05) is 11.8 Å². The van der Waals surface area contributed by atoms with E-state index in [0.29, 0.717) is 13.0 Å². The molecule has 118 valence electrons. The van der Waals surface area contributed by atoms with Crippen molar-refractivity contribution in [3.8, 4) is 0 Å². The van der Waals surface area contributed by atoms with Crippen LogP contribution in [0.2, 0.25) is 0 Å². The number of likely N-dealkylation sites (tertiary alicyclic amines) is 1. The van der Waals surface area contributed by atoms with Crippen molar-refractivity contribution in [3.63, 3.8) is 0 Å². The normalized spacial score (nSPS) is 25.4. The predicted octanol–water partition coefficient (Wildman–Crippen LogP) is -0.131. The van der Waals surface area contributed by atoms with E-state index in [4.69, 9.17) is 0 Å². The molecule has 2 aliphatic heterocycles. The van der Waals surface area contributed by atoms with E-state index in [1.54, 1.807) is 14.1 Å². The highest BCUT2D eigenvalue weighted by atomic mass is 16.2. The molecule has 0 aliphatic carbocycles. The molecule has 2 fully saturated rings. The van der Waals surface area contributed by atoms with Gasteiger partial charge in [0.25, 0.3) is 0 Å². The Hall–Kier alpha value is -1.63. The molecule has 4 amide bonds. The zero-order chi connectivity index (χ0) is 15.6. The number of likely N-dealkylation sites (N-methyl/N-ethyl adjacent to an activating group) is 1. The Morgan fingerprint density at radius 2 is 1.90 bits per heavy atom. The van der Waals surface area contributed by atoms with E-state index >= 15 is 0 Å². The van der Waals surface area contributed by atoms with Gasteiger partial charge in [-0.3, -0.25) is 19.4 Å². The molecule has 7 nitrogen and oxygen atoms in total. The summed E-state index contributed by atoms with van der Waals surface area (Å²) < 4.78 is 0. The van der Waals surface area contributed by atoms with Gasteiger partial charge in [-0.15, -0.1) is 0 Å². The van der Waals surface area contributed by atoms with Gasteiger partial charge in [-0.05, 0) is 19.8 Å². The summed E-state index contributed by atoms with van der Waals surface area (Å²) in [6, 6.07) is -0.0795. The van der Waals surface area contributed by atoms with Crippen LogP contribution in [0.5, 0.6) is 0 Å². The van der Waals surface area contributed by atoms with Gasteiger partial charge >= 0.3 is 6.03 Å². The molecule has 1 atom stereocenters. The summed E-state index contributed by atoms with van der Waals surface area (Å²) in [4.78, 5) is 40.5. The van der Waals surface area contributed by atoms with Crippen LogP contribution in [0.25, 0.3) is 0 Å². The Balaban J connectivity index is 1.93. The third kappa shape index (κ3) is 3.34. The fourth-order valence-corrected chi connectivity index (χ4v) is 3.11. The van der Waals surface area contributed by atoms with Crippen LogP contribution in [-0.2, 0) is 9.59 Å².